The lowest BCUT2D eigenvalue weighted by Gasteiger charge is -2.22. The maximum absolute atomic E-state index is 12.7. The first kappa shape index (κ1) is 17.3. The van der Waals surface area contributed by atoms with E-state index in [2.05, 4.69) is 31.3 Å². The molecule has 1 heterocycles. The second-order valence-electron chi connectivity index (χ2n) is 6.64. The number of fused-ring (bicyclic) bond motifs is 1. The number of hydrogen-bond acceptors (Lipinski definition) is 3. The van der Waals surface area contributed by atoms with E-state index < -0.39 is 0 Å². The minimum absolute atomic E-state index is 0.00471. The van der Waals surface area contributed by atoms with Crippen molar-refractivity contribution in [2.24, 2.45) is 0 Å². The van der Waals surface area contributed by atoms with E-state index in [1.54, 1.807) is 0 Å². The SMILES string of the molecule is Cc1cccc(C(C)NC(=O)C(C)c2ccc3c(c2)OCCO3)c1C. The fourth-order valence-electron chi connectivity index (χ4n) is 3.14. The van der Waals surface area contributed by atoms with Crippen LogP contribution in [0.2, 0.25) is 0 Å². The summed E-state index contributed by atoms with van der Waals surface area (Å²) in [6.07, 6.45) is 0. The van der Waals surface area contributed by atoms with Crippen LogP contribution in [0.1, 0.15) is 48.1 Å². The molecule has 2 unspecified atom stereocenters. The van der Waals surface area contributed by atoms with Crippen molar-refractivity contribution < 1.29 is 14.3 Å². The largest absolute Gasteiger partial charge is 0.486 e. The molecule has 0 bridgehead atoms. The molecule has 1 amide bonds. The van der Waals surface area contributed by atoms with Crippen molar-refractivity contribution in [1.29, 1.82) is 0 Å². The smallest absolute Gasteiger partial charge is 0.227 e. The van der Waals surface area contributed by atoms with E-state index in [1.165, 1.54) is 11.1 Å². The monoisotopic (exact) mass is 339 g/mol. The fraction of sp³-hybridized carbons (Fsp3) is 0.381. The number of ether oxygens (including phenoxy) is 2. The van der Waals surface area contributed by atoms with Crippen LogP contribution in [0.15, 0.2) is 36.4 Å². The minimum atomic E-state index is -0.261. The van der Waals surface area contributed by atoms with Gasteiger partial charge in [0.15, 0.2) is 11.5 Å². The fourth-order valence-corrected chi connectivity index (χ4v) is 3.14. The Kier molecular flexibility index (Phi) is 4.98. The molecule has 4 nitrogen and oxygen atoms in total. The van der Waals surface area contributed by atoms with Gasteiger partial charge < -0.3 is 14.8 Å². The van der Waals surface area contributed by atoms with E-state index >= 15 is 0 Å². The van der Waals surface area contributed by atoms with Crippen molar-refractivity contribution in [3.05, 3.63) is 58.7 Å². The predicted molar refractivity (Wildman–Crippen MR) is 98.3 cm³/mol. The van der Waals surface area contributed by atoms with Crippen LogP contribution in [-0.2, 0) is 4.79 Å². The predicted octanol–water partition coefficient (Wildman–Crippen LogP) is 4.06. The summed E-state index contributed by atoms with van der Waals surface area (Å²) in [4.78, 5) is 12.7. The van der Waals surface area contributed by atoms with Crippen molar-refractivity contribution in [1.82, 2.24) is 5.32 Å². The van der Waals surface area contributed by atoms with Gasteiger partial charge in [0.1, 0.15) is 13.2 Å². The average Bonchev–Trinajstić information content (AvgIpc) is 2.62. The minimum Gasteiger partial charge on any atom is -0.486 e. The molecule has 3 rings (SSSR count). The second kappa shape index (κ2) is 7.18. The van der Waals surface area contributed by atoms with Crippen LogP contribution in [0.25, 0.3) is 0 Å². The van der Waals surface area contributed by atoms with Gasteiger partial charge in [0, 0.05) is 0 Å². The van der Waals surface area contributed by atoms with Gasteiger partial charge in [-0.25, -0.2) is 0 Å². The van der Waals surface area contributed by atoms with Crippen LogP contribution in [0.3, 0.4) is 0 Å². The summed E-state index contributed by atoms with van der Waals surface area (Å²) in [6.45, 7) is 9.23. The van der Waals surface area contributed by atoms with Crippen LogP contribution in [0.4, 0.5) is 0 Å². The summed E-state index contributed by atoms with van der Waals surface area (Å²) in [5.74, 6) is 1.20. The molecule has 1 aliphatic rings. The van der Waals surface area contributed by atoms with Crippen molar-refractivity contribution >= 4 is 5.91 Å². The van der Waals surface area contributed by atoms with Crippen LogP contribution < -0.4 is 14.8 Å². The number of nitrogens with one attached hydrogen (secondary N) is 1. The second-order valence-corrected chi connectivity index (χ2v) is 6.64. The zero-order chi connectivity index (χ0) is 18.0. The molecule has 2 aromatic carbocycles. The summed E-state index contributed by atoms with van der Waals surface area (Å²) >= 11 is 0. The molecule has 0 fully saturated rings. The van der Waals surface area contributed by atoms with Gasteiger partial charge in [-0.15, -0.1) is 0 Å². The highest BCUT2D eigenvalue weighted by Crippen LogP contribution is 2.33. The molecular formula is C21H25NO3. The molecule has 0 spiro atoms. The highest BCUT2D eigenvalue weighted by Gasteiger charge is 2.21. The van der Waals surface area contributed by atoms with Crippen LogP contribution in [0, 0.1) is 13.8 Å². The van der Waals surface area contributed by atoms with Crippen LogP contribution in [-0.4, -0.2) is 19.1 Å². The summed E-state index contributed by atoms with van der Waals surface area (Å²) in [6, 6.07) is 11.9. The molecule has 0 saturated carbocycles. The third-order valence-electron chi connectivity index (χ3n) is 4.93. The van der Waals surface area contributed by atoms with E-state index in [0.717, 1.165) is 16.9 Å². The third-order valence-corrected chi connectivity index (χ3v) is 4.93. The van der Waals surface area contributed by atoms with Crippen molar-refractivity contribution in [2.75, 3.05) is 13.2 Å². The van der Waals surface area contributed by atoms with E-state index in [0.29, 0.717) is 19.0 Å². The Morgan fingerprint density at radius 2 is 1.76 bits per heavy atom. The number of carbonyl (C=O) groups excluding carboxylic acids is 1. The molecule has 0 aliphatic carbocycles. The van der Waals surface area contributed by atoms with Gasteiger partial charge in [0.25, 0.3) is 0 Å². The molecule has 1 aliphatic heterocycles. The number of benzene rings is 2. The zero-order valence-electron chi connectivity index (χ0n) is 15.3. The van der Waals surface area contributed by atoms with Gasteiger partial charge >= 0.3 is 0 Å². The molecule has 25 heavy (non-hydrogen) atoms. The van der Waals surface area contributed by atoms with Gasteiger partial charge in [-0.3, -0.25) is 4.79 Å². The average molecular weight is 339 g/mol. The Balaban J connectivity index is 1.73. The third kappa shape index (κ3) is 3.63. The Hall–Kier alpha value is -2.49. The normalized spacial score (nSPS) is 15.4. The Bertz CT molecular complexity index is 785. The van der Waals surface area contributed by atoms with Gasteiger partial charge in [-0.2, -0.15) is 0 Å². The molecule has 4 heteroatoms. The number of aryl methyl sites for hydroxylation is 1. The number of hydrogen-bond donors (Lipinski definition) is 1. The molecule has 0 radical (unpaired) electrons. The lowest BCUT2D eigenvalue weighted by Crippen LogP contribution is -2.31. The first-order valence-corrected chi connectivity index (χ1v) is 8.73. The lowest BCUT2D eigenvalue weighted by molar-refractivity contribution is -0.122. The zero-order valence-corrected chi connectivity index (χ0v) is 15.3. The molecule has 2 atom stereocenters. The summed E-state index contributed by atoms with van der Waals surface area (Å²) in [7, 11) is 0. The number of amides is 1. The van der Waals surface area contributed by atoms with E-state index in [4.69, 9.17) is 9.47 Å². The molecule has 0 aromatic heterocycles. The van der Waals surface area contributed by atoms with E-state index in [1.807, 2.05) is 38.1 Å². The van der Waals surface area contributed by atoms with E-state index in [9.17, 15) is 4.79 Å². The van der Waals surface area contributed by atoms with Gasteiger partial charge in [0.05, 0.1) is 12.0 Å². The Labute approximate surface area is 149 Å². The summed E-state index contributed by atoms with van der Waals surface area (Å²) < 4.78 is 11.2. The Morgan fingerprint density at radius 3 is 2.52 bits per heavy atom. The van der Waals surface area contributed by atoms with Gasteiger partial charge in [-0.05, 0) is 62.1 Å². The molecule has 2 aromatic rings. The van der Waals surface area contributed by atoms with Crippen LogP contribution in [0.5, 0.6) is 11.5 Å². The number of carbonyl (C=O) groups is 1. The highest BCUT2D eigenvalue weighted by molar-refractivity contribution is 5.83. The topological polar surface area (TPSA) is 47.6 Å². The van der Waals surface area contributed by atoms with E-state index in [-0.39, 0.29) is 17.9 Å². The highest BCUT2D eigenvalue weighted by atomic mass is 16.6. The standard InChI is InChI=1S/C21H25NO3/c1-13-6-5-7-18(14(13)2)16(4)22-21(23)15(3)17-8-9-19-20(12-17)25-11-10-24-19/h5-9,12,15-16H,10-11H2,1-4H3,(H,22,23). The summed E-state index contributed by atoms with van der Waals surface area (Å²) in [5, 5.41) is 3.13. The summed E-state index contributed by atoms with van der Waals surface area (Å²) in [5.41, 5.74) is 4.54. The Morgan fingerprint density at radius 1 is 1.04 bits per heavy atom. The lowest BCUT2D eigenvalue weighted by atomic mass is 9.96. The van der Waals surface area contributed by atoms with Crippen molar-refractivity contribution in [3.8, 4) is 11.5 Å². The van der Waals surface area contributed by atoms with Gasteiger partial charge in [0.2, 0.25) is 5.91 Å². The maximum atomic E-state index is 12.7. The van der Waals surface area contributed by atoms with Gasteiger partial charge in [-0.1, -0.05) is 24.3 Å². The van der Waals surface area contributed by atoms with Crippen molar-refractivity contribution in [2.45, 2.75) is 39.7 Å². The number of rotatable bonds is 4. The maximum Gasteiger partial charge on any atom is 0.227 e. The first-order chi connectivity index (χ1) is 12.0. The quantitative estimate of drug-likeness (QED) is 0.914. The molecule has 0 saturated heterocycles. The van der Waals surface area contributed by atoms with Crippen molar-refractivity contribution in [3.63, 3.8) is 0 Å². The van der Waals surface area contributed by atoms with Crippen LogP contribution >= 0.6 is 0 Å². The molecular weight excluding hydrogens is 314 g/mol. The molecule has 1 N–H and O–H groups in total. The molecule has 132 valence electrons. The first-order valence-electron chi connectivity index (χ1n) is 8.73.